The molecule has 0 aliphatic heterocycles. The van der Waals surface area contributed by atoms with Gasteiger partial charge in [-0.1, -0.05) is 41.9 Å². The fourth-order valence-corrected chi connectivity index (χ4v) is 2.14. The summed E-state index contributed by atoms with van der Waals surface area (Å²) in [4.78, 5) is 35.9. The number of carbonyl (C=O) groups is 3. The van der Waals surface area contributed by atoms with E-state index in [0.717, 1.165) is 12.1 Å². The van der Waals surface area contributed by atoms with Crippen LogP contribution in [0.5, 0.6) is 0 Å². The van der Waals surface area contributed by atoms with Crippen molar-refractivity contribution in [2.24, 2.45) is 0 Å². The number of halogens is 2. The highest BCUT2D eigenvalue weighted by Crippen LogP contribution is 2.22. The molecule has 0 aromatic heterocycles. The van der Waals surface area contributed by atoms with E-state index >= 15 is 0 Å². The van der Waals surface area contributed by atoms with Crippen molar-refractivity contribution in [3.8, 4) is 0 Å². The highest BCUT2D eigenvalue weighted by Gasteiger charge is 2.28. The smallest absolute Gasteiger partial charge is 0.342 e. The van der Waals surface area contributed by atoms with Crippen molar-refractivity contribution in [3.63, 3.8) is 0 Å². The highest BCUT2D eigenvalue weighted by molar-refractivity contribution is 6.30. The van der Waals surface area contributed by atoms with Crippen LogP contribution >= 0.6 is 11.6 Å². The number of ether oxygens (including phenoxy) is 1. The topological polar surface area (TPSA) is 84.5 Å². The van der Waals surface area contributed by atoms with E-state index < -0.39 is 35.4 Å². The van der Waals surface area contributed by atoms with Crippen LogP contribution < -0.4 is 10.6 Å². The summed E-state index contributed by atoms with van der Waals surface area (Å²) in [6.45, 7) is 0. The Labute approximate surface area is 147 Å². The van der Waals surface area contributed by atoms with E-state index in [9.17, 15) is 18.8 Å². The van der Waals surface area contributed by atoms with E-state index in [4.69, 9.17) is 16.3 Å². The molecular weight excluding hydrogens is 351 g/mol. The molecule has 8 heteroatoms. The summed E-state index contributed by atoms with van der Waals surface area (Å²) in [6.07, 6.45) is -1.44. The molecule has 0 saturated heterocycles. The van der Waals surface area contributed by atoms with E-state index in [0.29, 0.717) is 5.56 Å². The zero-order valence-electron chi connectivity index (χ0n) is 13.1. The molecule has 3 amide bonds. The van der Waals surface area contributed by atoms with Crippen LogP contribution in [0.25, 0.3) is 0 Å². The summed E-state index contributed by atoms with van der Waals surface area (Å²) in [6, 6.07) is 10.7. The van der Waals surface area contributed by atoms with Crippen LogP contribution in [-0.2, 0) is 9.53 Å². The molecule has 2 rings (SSSR count). The molecule has 0 fully saturated rings. The zero-order valence-corrected chi connectivity index (χ0v) is 13.8. The first-order valence-electron chi connectivity index (χ1n) is 7.16. The van der Waals surface area contributed by atoms with Gasteiger partial charge in [0.05, 0.1) is 5.56 Å². The third-order valence-corrected chi connectivity index (χ3v) is 3.41. The molecule has 0 bridgehead atoms. The van der Waals surface area contributed by atoms with Crippen molar-refractivity contribution in [2.75, 3.05) is 7.05 Å². The van der Waals surface area contributed by atoms with Gasteiger partial charge < -0.3 is 10.1 Å². The minimum Gasteiger partial charge on any atom is -0.444 e. The first-order chi connectivity index (χ1) is 11.9. The van der Waals surface area contributed by atoms with Crippen LogP contribution in [0.15, 0.2) is 48.5 Å². The third-order valence-electron chi connectivity index (χ3n) is 3.18. The minimum absolute atomic E-state index is 0.138. The van der Waals surface area contributed by atoms with Crippen molar-refractivity contribution in [2.45, 2.75) is 6.10 Å². The summed E-state index contributed by atoms with van der Waals surface area (Å²) in [7, 11) is 1.33. The lowest BCUT2D eigenvalue weighted by Gasteiger charge is -2.17. The molecule has 2 aromatic rings. The SMILES string of the molecule is CNC(=O)NC(=O)[C@H](OC(=O)c1cc(Cl)ccc1F)c1ccccc1. The molecule has 6 nitrogen and oxygen atoms in total. The number of carbonyl (C=O) groups excluding carboxylic acids is 3. The van der Waals surface area contributed by atoms with Crippen molar-refractivity contribution >= 4 is 29.5 Å². The Bertz CT molecular complexity index is 798. The maximum absolute atomic E-state index is 13.8. The van der Waals surface area contributed by atoms with Crippen LogP contribution in [0, 0.1) is 5.82 Å². The third kappa shape index (κ3) is 4.77. The van der Waals surface area contributed by atoms with Gasteiger partial charge in [-0.2, -0.15) is 0 Å². The maximum atomic E-state index is 13.8. The van der Waals surface area contributed by atoms with E-state index in [2.05, 4.69) is 5.32 Å². The number of hydrogen-bond donors (Lipinski definition) is 2. The molecule has 2 aromatic carbocycles. The summed E-state index contributed by atoms with van der Waals surface area (Å²) in [5.41, 5.74) is -0.0964. The average molecular weight is 365 g/mol. The molecule has 0 aliphatic carbocycles. The number of benzene rings is 2. The van der Waals surface area contributed by atoms with Gasteiger partial charge in [-0.15, -0.1) is 0 Å². The largest absolute Gasteiger partial charge is 0.444 e. The number of amides is 3. The van der Waals surface area contributed by atoms with Gasteiger partial charge in [-0.25, -0.2) is 14.0 Å². The second kappa shape index (κ2) is 8.25. The molecule has 2 N–H and O–H groups in total. The first-order valence-corrected chi connectivity index (χ1v) is 7.53. The quantitative estimate of drug-likeness (QED) is 0.817. The average Bonchev–Trinajstić information content (AvgIpc) is 2.61. The summed E-state index contributed by atoms with van der Waals surface area (Å²) < 4.78 is 19.0. The van der Waals surface area contributed by atoms with Gasteiger partial charge >= 0.3 is 12.0 Å². The Balaban J connectivity index is 2.29. The number of esters is 1. The van der Waals surface area contributed by atoms with Crippen molar-refractivity contribution in [3.05, 3.63) is 70.5 Å². The van der Waals surface area contributed by atoms with Crippen LogP contribution in [-0.4, -0.2) is 25.0 Å². The Morgan fingerprint density at radius 3 is 2.44 bits per heavy atom. The van der Waals surface area contributed by atoms with Gasteiger partial charge in [0.25, 0.3) is 5.91 Å². The summed E-state index contributed by atoms with van der Waals surface area (Å²) in [5.74, 6) is -2.80. The second-order valence-corrected chi connectivity index (χ2v) is 5.33. The molecule has 1 atom stereocenters. The maximum Gasteiger partial charge on any atom is 0.342 e. The van der Waals surface area contributed by atoms with Crippen molar-refractivity contribution in [1.82, 2.24) is 10.6 Å². The molecule has 0 aliphatic rings. The molecule has 25 heavy (non-hydrogen) atoms. The molecule has 0 radical (unpaired) electrons. The number of hydrogen-bond acceptors (Lipinski definition) is 4. The lowest BCUT2D eigenvalue weighted by molar-refractivity contribution is -0.129. The van der Waals surface area contributed by atoms with E-state index in [-0.39, 0.29) is 5.02 Å². The number of rotatable bonds is 4. The van der Waals surface area contributed by atoms with Crippen LogP contribution in [0.2, 0.25) is 5.02 Å². The van der Waals surface area contributed by atoms with E-state index in [1.807, 2.05) is 5.32 Å². The molecule has 0 spiro atoms. The van der Waals surface area contributed by atoms with E-state index in [1.165, 1.54) is 25.2 Å². The van der Waals surface area contributed by atoms with Gasteiger partial charge in [0.15, 0.2) is 0 Å². The van der Waals surface area contributed by atoms with Gasteiger partial charge in [0, 0.05) is 17.6 Å². The Kier molecular flexibility index (Phi) is 6.08. The van der Waals surface area contributed by atoms with Crippen LogP contribution in [0.1, 0.15) is 22.0 Å². The predicted octanol–water partition coefficient (Wildman–Crippen LogP) is 2.83. The van der Waals surface area contributed by atoms with Crippen molar-refractivity contribution < 1.29 is 23.5 Å². The minimum atomic E-state index is -1.44. The lowest BCUT2D eigenvalue weighted by Crippen LogP contribution is -2.41. The molecule has 130 valence electrons. The Morgan fingerprint density at radius 1 is 1.12 bits per heavy atom. The second-order valence-electron chi connectivity index (χ2n) is 4.89. The lowest BCUT2D eigenvalue weighted by atomic mass is 10.1. The Morgan fingerprint density at radius 2 is 1.80 bits per heavy atom. The molecule has 0 heterocycles. The van der Waals surface area contributed by atoms with Crippen molar-refractivity contribution in [1.29, 1.82) is 0 Å². The number of nitrogens with one attached hydrogen (secondary N) is 2. The molecule has 0 saturated carbocycles. The van der Waals surface area contributed by atoms with Gasteiger partial charge in [-0.3, -0.25) is 10.1 Å². The normalized spacial score (nSPS) is 11.3. The first kappa shape index (κ1) is 18.4. The summed E-state index contributed by atoms with van der Waals surface area (Å²) in [5, 5.41) is 4.38. The van der Waals surface area contributed by atoms with Crippen LogP contribution in [0.4, 0.5) is 9.18 Å². The van der Waals surface area contributed by atoms with Gasteiger partial charge in [-0.05, 0) is 18.2 Å². The van der Waals surface area contributed by atoms with Gasteiger partial charge in [0.1, 0.15) is 5.82 Å². The van der Waals surface area contributed by atoms with E-state index in [1.54, 1.807) is 18.2 Å². The molecular formula is C17H14ClFN2O4. The molecule has 0 unspecified atom stereocenters. The number of urea groups is 1. The monoisotopic (exact) mass is 364 g/mol. The highest BCUT2D eigenvalue weighted by atomic mass is 35.5. The fourth-order valence-electron chi connectivity index (χ4n) is 1.97. The fraction of sp³-hybridized carbons (Fsp3) is 0.118. The number of imide groups is 1. The zero-order chi connectivity index (χ0) is 18.4. The summed E-state index contributed by atoms with van der Waals surface area (Å²) >= 11 is 5.76. The standard InChI is InChI=1S/C17H14ClFN2O4/c1-20-17(24)21-15(22)14(10-5-3-2-4-6-10)25-16(23)12-9-11(18)7-8-13(12)19/h2-9,14H,1H3,(H2,20,21,22,24)/t14-/m1/s1. The van der Waals surface area contributed by atoms with Gasteiger partial charge in [0.2, 0.25) is 6.10 Å². The predicted molar refractivity (Wildman–Crippen MR) is 88.6 cm³/mol. The van der Waals surface area contributed by atoms with Crippen LogP contribution in [0.3, 0.4) is 0 Å². The Hall–Kier alpha value is -2.93.